The van der Waals surface area contributed by atoms with Gasteiger partial charge in [0.15, 0.2) is 0 Å². The van der Waals surface area contributed by atoms with E-state index >= 15 is 0 Å². The number of nitrogens with one attached hydrogen (secondary N) is 1. The third-order valence-electron chi connectivity index (χ3n) is 2.18. The molecule has 18 heavy (non-hydrogen) atoms. The molecule has 2 aromatic rings. The minimum Gasteiger partial charge on any atom is -0.354 e. The number of hydrogen-bond acceptors (Lipinski definition) is 7. The second-order valence-corrected chi connectivity index (χ2v) is 4.62. The Balaban J connectivity index is 1.85. The first-order chi connectivity index (χ1) is 8.65. The standard InChI is InChI=1S/C10H11N5O2S/c1-7-14-8(6-18-7)2-3-11-10-12-4-9(5-13-10)15(16)17/h4-6H,2-3H2,1H3,(H,11,12,13). The number of rotatable bonds is 5. The maximum absolute atomic E-state index is 10.4. The maximum atomic E-state index is 10.4. The van der Waals surface area contributed by atoms with Gasteiger partial charge in [0.05, 0.1) is 15.6 Å². The Kier molecular flexibility index (Phi) is 3.78. The lowest BCUT2D eigenvalue weighted by atomic mass is 10.3. The van der Waals surface area contributed by atoms with E-state index in [-0.39, 0.29) is 5.69 Å². The molecule has 0 bridgehead atoms. The van der Waals surface area contributed by atoms with Crippen molar-refractivity contribution in [2.24, 2.45) is 0 Å². The second kappa shape index (κ2) is 5.50. The molecule has 0 aromatic carbocycles. The van der Waals surface area contributed by atoms with Crippen molar-refractivity contribution in [2.75, 3.05) is 11.9 Å². The van der Waals surface area contributed by atoms with Gasteiger partial charge in [0.1, 0.15) is 12.4 Å². The van der Waals surface area contributed by atoms with E-state index in [0.717, 1.165) is 17.1 Å². The van der Waals surface area contributed by atoms with Gasteiger partial charge in [-0.15, -0.1) is 11.3 Å². The Morgan fingerprint density at radius 1 is 1.44 bits per heavy atom. The number of aryl methyl sites for hydroxylation is 1. The normalized spacial score (nSPS) is 10.3. The molecule has 0 saturated heterocycles. The van der Waals surface area contributed by atoms with Crippen LogP contribution in [0, 0.1) is 17.0 Å². The van der Waals surface area contributed by atoms with Gasteiger partial charge in [-0.05, 0) is 6.92 Å². The second-order valence-electron chi connectivity index (χ2n) is 3.56. The fourth-order valence-corrected chi connectivity index (χ4v) is 1.98. The number of thiazole rings is 1. The Morgan fingerprint density at radius 2 is 2.17 bits per heavy atom. The number of anilines is 1. The molecule has 0 spiro atoms. The van der Waals surface area contributed by atoms with Gasteiger partial charge in [-0.1, -0.05) is 0 Å². The fraction of sp³-hybridized carbons (Fsp3) is 0.300. The molecule has 0 saturated carbocycles. The molecule has 0 unspecified atom stereocenters. The smallest absolute Gasteiger partial charge is 0.305 e. The largest absolute Gasteiger partial charge is 0.354 e. The van der Waals surface area contributed by atoms with E-state index < -0.39 is 4.92 Å². The first-order valence-electron chi connectivity index (χ1n) is 5.26. The van der Waals surface area contributed by atoms with Gasteiger partial charge < -0.3 is 5.32 Å². The first kappa shape index (κ1) is 12.4. The Labute approximate surface area is 107 Å². The highest BCUT2D eigenvalue weighted by molar-refractivity contribution is 7.09. The van der Waals surface area contributed by atoms with Gasteiger partial charge in [-0.25, -0.2) is 15.0 Å². The molecule has 0 fully saturated rings. The van der Waals surface area contributed by atoms with Gasteiger partial charge in [-0.2, -0.15) is 0 Å². The zero-order valence-electron chi connectivity index (χ0n) is 9.66. The summed E-state index contributed by atoms with van der Waals surface area (Å²) in [6, 6.07) is 0. The first-order valence-corrected chi connectivity index (χ1v) is 6.14. The van der Waals surface area contributed by atoms with Crippen LogP contribution in [-0.4, -0.2) is 26.4 Å². The highest BCUT2D eigenvalue weighted by Crippen LogP contribution is 2.10. The summed E-state index contributed by atoms with van der Waals surface area (Å²) in [4.78, 5) is 21.9. The summed E-state index contributed by atoms with van der Waals surface area (Å²) in [5, 5.41) is 16.4. The molecule has 7 nitrogen and oxygen atoms in total. The average Bonchev–Trinajstić information content (AvgIpc) is 2.76. The zero-order valence-corrected chi connectivity index (χ0v) is 10.5. The molecule has 0 aliphatic rings. The van der Waals surface area contributed by atoms with Crippen LogP contribution in [0.4, 0.5) is 11.6 Å². The highest BCUT2D eigenvalue weighted by atomic mass is 32.1. The van der Waals surface area contributed by atoms with Crippen molar-refractivity contribution in [1.29, 1.82) is 0 Å². The van der Waals surface area contributed by atoms with Crippen LogP contribution in [0.15, 0.2) is 17.8 Å². The summed E-state index contributed by atoms with van der Waals surface area (Å²) >= 11 is 1.61. The van der Waals surface area contributed by atoms with Crippen LogP contribution >= 0.6 is 11.3 Å². The molecular formula is C10H11N5O2S. The SMILES string of the molecule is Cc1nc(CCNc2ncc([N+](=O)[O-])cn2)cs1. The maximum Gasteiger partial charge on any atom is 0.305 e. The van der Waals surface area contributed by atoms with Gasteiger partial charge in [-0.3, -0.25) is 10.1 Å². The number of aromatic nitrogens is 3. The molecule has 0 amide bonds. The van der Waals surface area contributed by atoms with E-state index in [2.05, 4.69) is 20.3 Å². The molecule has 0 aliphatic carbocycles. The van der Waals surface area contributed by atoms with Crippen molar-refractivity contribution >= 4 is 23.0 Å². The van der Waals surface area contributed by atoms with E-state index in [0.29, 0.717) is 12.5 Å². The van der Waals surface area contributed by atoms with E-state index in [4.69, 9.17) is 0 Å². The van der Waals surface area contributed by atoms with Crippen LogP contribution in [0.5, 0.6) is 0 Å². The summed E-state index contributed by atoms with van der Waals surface area (Å²) in [6.07, 6.45) is 3.13. The fourth-order valence-electron chi connectivity index (χ4n) is 1.33. The molecule has 1 N–H and O–H groups in total. The van der Waals surface area contributed by atoms with Crippen LogP contribution in [-0.2, 0) is 6.42 Å². The van der Waals surface area contributed by atoms with Crippen molar-refractivity contribution in [3.05, 3.63) is 38.6 Å². The number of hydrogen-bond donors (Lipinski definition) is 1. The molecule has 94 valence electrons. The summed E-state index contributed by atoms with van der Waals surface area (Å²) < 4.78 is 0. The predicted molar refractivity (Wildman–Crippen MR) is 67.7 cm³/mol. The van der Waals surface area contributed by atoms with Crippen molar-refractivity contribution in [3.63, 3.8) is 0 Å². The summed E-state index contributed by atoms with van der Waals surface area (Å²) in [6.45, 7) is 2.60. The highest BCUT2D eigenvalue weighted by Gasteiger charge is 2.06. The van der Waals surface area contributed by atoms with Crippen LogP contribution in [0.1, 0.15) is 10.7 Å². The van der Waals surface area contributed by atoms with Gasteiger partial charge in [0, 0.05) is 18.3 Å². The van der Waals surface area contributed by atoms with E-state index in [1.165, 1.54) is 12.4 Å². The quantitative estimate of drug-likeness (QED) is 0.654. The van der Waals surface area contributed by atoms with Crippen molar-refractivity contribution in [3.8, 4) is 0 Å². The topological polar surface area (TPSA) is 93.8 Å². The Morgan fingerprint density at radius 3 is 2.72 bits per heavy atom. The summed E-state index contributed by atoms with van der Waals surface area (Å²) in [5.41, 5.74) is 0.905. The monoisotopic (exact) mass is 265 g/mol. The molecule has 2 aromatic heterocycles. The van der Waals surface area contributed by atoms with Crippen molar-refractivity contribution < 1.29 is 4.92 Å². The van der Waals surface area contributed by atoms with E-state index in [9.17, 15) is 10.1 Å². The predicted octanol–water partition coefficient (Wildman–Crippen LogP) is 1.80. The minimum absolute atomic E-state index is 0.115. The molecule has 0 atom stereocenters. The lowest BCUT2D eigenvalue weighted by Gasteiger charge is -2.02. The van der Waals surface area contributed by atoms with E-state index in [1.807, 2.05) is 12.3 Å². The summed E-state index contributed by atoms with van der Waals surface area (Å²) in [7, 11) is 0. The van der Waals surface area contributed by atoms with Crippen molar-refractivity contribution in [2.45, 2.75) is 13.3 Å². The molecule has 8 heteroatoms. The van der Waals surface area contributed by atoms with Gasteiger partial charge in [0.2, 0.25) is 5.95 Å². The third kappa shape index (κ3) is 3.20. The van der Waals surface area contributed by atoms with Gasteiger partial charge >= 0.3 is 5.69 Å². The Bertz CT molecular complexity index is 539. The molecule has 0 aliphatic heterocycles. The Hall–Kier alpha value is -2.09. The lowest BCUT2D eigenvalue weighted by Crippen LogP contribution is -2.08. The lowest BCUT2D eigenvalue weighted by molar-refractivity contribution is -0.385. The van der Waals surface area contributed by atoms with Crippen LogP contribution in [0.25, 0.3) is 0 Å². The third-order valence-corrected chi connectivity index (χ3v) is 3.00. The summed E-state index contributed by atoms with van der Waals surface area (Å²) in [5.74, 6) is 0.382. The average molecular weight is 265 g/mol. The number of nitro groups is 1. The van der Waals surface area contributed by atoms with Crippen LogP contribution < -0.4 is 5.32 Å². The van der Waals surface area contributed by atoms with Gasteiger partial charge in [0.25, 0.3) is 0 Å². The molecular weight excluding hydrogens is 254 g/mol. The molecule has 0 radical (unpaired) electrons. The van der Waals surface area contributed by atoms with Crippen LogP contribution in [0.2, 0.25) is 0 Å². The number of nitrogens with zero attached hydrogens (tertiary/aromatic N) is 4. The minimum atomic E-state index is -0.526. The molecule has 2 rings (SSSR count). The molecule has 2 heterocycles. The van der Waals surface area contributed by atoms with Crippen LogP contribution in [0.3, 0.4) is 0 Å². The van der Waals surface area contributed by atoms with Crippen molar-refractivity contribution in [1.82, 2.24) is 15.0 Å². The van der Waals surface area contributed by atoms with E-state index in [1.54, 1.807) is 11.3 Å². The zero-order chi connectivity index (χ0) is 13.0.